The zero-order valence-corrected chi connectivity index (χ0v) is 13.6. The Morgan fingerprint density at radius 2 is 2.16 bits per heavy atom. The highest BCUT2D eigenvalue weighted by molar-refractivity contribution is 9.10. The van der Waals surface area contributed by atoms with Crippen LogP contribution in [-0.2, 0) is 10.0 Å². The van der Waals surface area contributed by atoms with Gasteiger partial charge in [0.05, 0.1) is 4.90 Å². The molecule has 1 aromatic carbocycles. The minimum Gasteiger partial charge on any atom is -0.398 e. The van der Waals surface area contributed by atoms with E-state index < -0.39 is 10.0 Å². The van der Waals surface area contributed by atoms with Gasteiger partial charge in [0.1, 0.15) is 0 Å². The second-order valence-corrected chi connectivity index (χ2v) is 7.71. The number of benzene rings is 1. The summed E-state index contributed by atoms with van der Waals surface area (Å²) in [6, 6.07) is 3.49. The topological polar surface area (TPSA) is 63.4 Å². The molecule has 2 N–H and O–H groups in total. The number of hydrogen-bond donors (Lipinski definition) is 1. The summed E-state index contributed by atoms with van der Waals surface area (Å²) in [6.45, 7) is 4.39. The molecule has 1 aliphatic rings. The summed E-state index contributed by atoms with van der Waals surface area (Å²) in [4.78, 5) is 0.319. The largest absolute Gasteiger partial charge is 0.398 e. The van der Waals surface area contributed by atoms with Gasteiger partial charge in [-0.15, -0.1) is 0 Å². The van der Waals surface area contributed by atoms with Crippen LogP contribution < -0.4 is 5.73 Å². The van der Waals surface area contributed by atoms with E-state index in [1.807, 2.05) is 6.92 Å². The van der Waals surface area contributed by atoms with E-state index in [9.17, 15) is 8.42 Å². The van der Waals surface area contributed by atoms with Crippen molar-refractivity contribution in [2.24, 2.45) is 0 Å². The lowest BCUT2D eigenvalue weighted by Gasteiger charge is -2.24. The Labute approximate surface area is 123 Å². The quantitative estimate of drug-likeness (QED) is 0.855. The van der Waals surface area contributed by atoms with Crippen LogP contribution in [-0.4, -0.2) is 25.3 Å². The molecule has 4 nitrogen and oxygen atoms in total. The predicted octanol–water partition coefficient (Wildman–Crippen LogP) is 2.90. The van der Waals surface area contributed by atoms with Crippen LogP contribution in [0.15, 0.2) is 21.5 Å². The summed E-state index contributed by atoms with van der Waals surface area (Å²) in [7, 11) is -3.45. The molecule has 0 spiro atoms. The third-order valence-corrected chi connectivity index (χ3v) is 6.28. The van der Waals surface area contributed by atoms with Crippen molar-refractivity contribution in [3.8, 4) is 0 Å². The van der Waals surface area contributed by atoms with Gasteiger partial charge in [-0.05, 0) is 43.9 Å². The molecular formula is C13H19BrN2O2S. The second kappa shape index (κ2) is 5.42. The van der Waals surface area contributed by atoms with Crippen molar-refractivity contribution in [1.29, 1.82) is 0 Å². The first-order chi connectivity index (χ1) is 8.87. The lowest BCUT2D eigenvalue weighted by Crippen LogP contribution is -2.35. The number of sulfonamides is 1. The molecule has 19 heavy (non-hydrogen) atoms. The number of anilines is 1. The van der Waals surface area contributed by atoms with E-state index in [0.717, 1.165) is 19.3 Å². The fourth-order valence-corrected chi connectivity index (χ4v) is 5.28. The van der Waals surface area contributed by atoms with Crippen molar-refractivity contribution in [2.45, 2.75) is 44.0 Å². The van der Waals surface area contributed by atoms with Crippen LogP contribution in [0.2, 0.25) is 0 Å². The minimum absolute atomic E-state index is 0.115. The molecule has 1 aliphatic heterocycles. The van der Waals surface area contributed by atoms with Gasteiger partial charge in [0.2, 0.25) is 10.0 Å². The molecule has 6 heteroatoms. The molecule has 1 fully saturated rings. The van der Waals surface area contributed by atoms with Crippen molar-refractivity contribution in [2.75, 3.05) is 12.3 Å². The summed E-state index contributed by atoms with van der Waals surface area (Å²) >= 11 is 3.32. The van der Waals surface area contributed by atoms with Crippen LogP contribution in [0, 0.1) is 6.92 Å². The molecule has 0 radical (unpaired) electrons. The van der Waals surface area contributed by atoms with Gasteiger partial charge in [-0.2, -0.15) is 4.31 Å². The van der Waals surface area contributed by atoms with Crippen molar-refractivity contribution >= 4 is 31.6 Å². The first kappa shape index (κ1) is 14.8. The van der Waals surface area contributed by atoms with Crippen LogP contribution in [0.25, 0.3) is 0 Å². The second-order valence-electron chi connectivity index (χ2n) is 4.94. The molecule has 0 aliphatic carbocycles. The normalized spacial score (nSPS) is 20.9. The number of nitrogen functional groups attached to an aromatic ring is 1. The Balaban J connectivity index is 2.51. The van der Waals surface area contributed by atoms with Gasteiger partial charge in [-0.1, -0.05) is 22.9 Å². The number of halogens is 1. The summed E-state index contributed by atoms with van der Waals surface area (Å²) in [6.07, 6.45) is 2.72. The first-order valence-corrected chi connectivity index (χ1v) is 8.68. The smallest absolute Gasteiger partial charge is 0.243 e. The van der Waals surface area contributed by atoms with E-state index >= 15 is 0 Å². The highest BCUT2D eigenvalue weighted by atomic mass is 79.9. The molecule has 1 aromatic rings. The first-order valence-electron chi connectivity index (χ1n) is 6.45. The van der Waals surface area contributed by atoms with Crippen LogP contribution in [0.3, 0.4) is 0 Å². The molecule has 1 unspecified atom stereocenters. The fourth-order valence-electron chi connectivity index (χ4n) is 2.60. The molecule has 0 bridgehead atoms. The maximum Gasteiger partial charge on any atom is 0.243 e. The third kappa shape index (κ3) is 2.66. The maximum absolute atomic E-state index is 12.8. The maximum atomic E-state index is 12.8. The Bertz CT molecular complexity index is 587. The highest BCUT2D eigenvalue weighted by Gasteiger charge is 2.35. The number of rotatable bonds is 3. The third-order valence-electron chi connectivity index (χ3n) is 3.75. The molecule has 1 saturated heterocycles. The summed E-state index contributed by atoms with van der Waals surface area (Å²) in [5, 5.41) is 0. The minimum atomic E-state index is -3.45. The highest BCUT2D eigenvalue weighted by Crippen LogP contribution is 2.32. The van der Waals surface area contributed by atoms with E-state index in [4.69, 9.17) is 5.73 Å². The average molecular weight is 347 g/mol. The SMILES string of the molecule is CCC1CCCN1S(=O)(=O)c1cc(Br)cc(N)c1C. The summed E-state index contributed by atoms with van der Waals surface area (Å²) in [5.74, 6) is 0. The summed E-state index contributed by atoms with van der Waals surface area (Å²) in [5.41, 5.74) is 7.00. The van der Waals surface area contributed by atoms with Crippen molar-refractivity contribution < 1.29 is 8.42 Å². The lowest BCUT2D eigenvalue weighted by atomic mass is 10.2. The Hall–Kier alpha value is -0.590. The molecule has 1 heterocycles. The zero-order valence-electron chi connectivity index (χ0n) is 11.2. The van der Waals surface area contributed by atoms with Crippen LogP contribution in [0.1, 0.15) is 31.7 Å². The molecular weight excluding hydrogens is 328 g/mol. The van der Waals surface area contributed by atoms with Gasteiger partial charge in [-0.3, -0.25) is 0 Å². The van der Waals surface area contributed by atoms with E-state index in [1.54, 1.807) is 23.4 Å². The van der Waals surface area contributed by atoms with E-state index in [2.05, 4.69) is 15.9 Å². The van der Waals surface area contributed by atoms with Crippen LogP contribution >= 0.6 is 15.9 Å². The van der Waals surface area contributed by atoms with E-state index in [1.165, 1.54) is 0 Å². The molecule has 0 aromatic heterocycles. The van der Waals surface area contributed by atoms with Gasteiger partial charge in [0.25, 0.3) is 0 Å². The molecule has 2 rings (SSSR count). The number of nitrogens with zero attached hydrogens (tertiary/aromatic N) is 1. The van der Waals surface area contributed by atoms with Gasteiger partial charge in [0, 0.05) is 22.7 Å². The number of nitrogens with two attached hydrogens (primary N) is 1. The zero-order chi connectivity index (χ0) is 14.2. The van der Waals surface area contributed by atoms with Gasteiger partial charge in [0.15, 0.2) is 0 Å². The van der Waals surface area contributed by atoms with E-state index in [0.29, 0.717) is 27.2 Å². The van der Waals surface area contributed by atoms with Crippen molar-refractivity contribution in [3.05, 3.63) is 22.2 Å². The standard InChI is InChI=1S/C13H19BrN2O2S/c1-3-11-5-4-6-16(11)19(17,18)13-8-10(14)7-12(15)9(13)2/h7-8,11H,3-6,15H2,1-2H3. The molecule has 0 amide bonds. The molecule has 0 saturated carbocycles. The van der Waals surface area contributed by atoms with E-state index in [-0.39, 0.29) is 6.04 Å². The molecule has 1 atom stereocenters. The average Bonchev–Trinajstić information content (AvgIpc) is 2.82. The van der Waals surface area contributed by atoms with Gasteiger partial charge in [-0.25, -0.2) is 8.42 Å². The molecule has 106 valence electrons. The van der Waals surface area contributed by atoms with Crippen LogP contribution in [0.5, 0.6) is 0 Å². The van der Waals surface area contributed by atoms with Crippen molar-refractivity contribution in [3.63, 3.8) is 0 Å². The van der Waals surface area contributed by atoms with Crippen LogP contribution in [0.4, 0.5) is 5.69 Å². The monoisotopic (exact) mass is 346 g/mol. The summed E-state index contributed by atoms with van der Waals surface area (Å²) < 4.78 is 27.9. The lowest BCUT2D eigenvalue weighted by molar-refractivity contribution is 0.379. The van der Waals surface area contributed by atoms with Crippen molar-refractivity contribution in [1.82, 2.24) is 4.31 Å². The Morgan fingerprint density at radius 3 is 2.79 bits per heavy atom. The predicted molar refractivity (Wildman–Crippen MR) is 80.5 cm³/mol. The Morgan fingerprint density at radius 1 is 1.47 bits per heavy atom. The Kier molecular flexibility index (Phi) is 4.23. The fraction of sp³-hybridized carbons (Fsp3) is 0.538. The number of hydrogen-bond acceptors (Lipinski definition) is 3. The van der Waals surface area contributed by atoms with Gasteiger partial charge < -0.3 is 5.73 Å². The van der Waals surface area contributed by atoms with Gasteiger partial charge >= 0.3 is 0 Å².